The first-order valence-corrected chi connectivity index (χ1v) is 8.46. The number of nitrogens with zero attached hydrogens (tertiary/aromatic N) is 1. The second kappa shape index (κ2) is 4.82. The molecule has 0 radical (unpaired) electrons. The third kappa shape index (κ3) is 1.90. The van der Waals surface area contributed by atoms with Crippen LogP contribution in [0.15, 0.2) is 65.1 Å². The first kappa shape index (κ1) is 13.1. The lowest BCUT2D eigenvalue weighted by Gasteiger charge is -1.95. The first-order chi connectivity index (χ1) is 11.3. The van der Waals surface area contributed by atoms with Gasteiger partial charge in [0.05, 0.1) is 5.02 Å². The van der Waals surface area contributed by atoms with Crippen LogP contribution in [-0.2, 0) is 0 Å². The van der Waals surface area contributed by atoms with Gasteiger partial charge in [0, 0.05) is 31.8 Å². The summed E-state index contributed by atoms with van der Waals surface area (Å²) in [5.41, 5.74) is 2.41. The van der Waals surface area contributed by atoms with Gasteiger partial charge >= 0.3 is 0 Å². The van der Waals surface area contributed by atoms with Gasteiger partial charge in [0.1, 0.15) is 5.52 Å². The van der Waals surface area contributed by atoms with E-state index in [1.54, 1.807) is 11.3 Å². The van der Waals surface area contributed by atoms with Gasteiger partial charge < -0.3 is 4.42 Å². The van der Waals surface area contributed by atoms with Crippen LogP contribution in [0.3, 0.4) is 0 Å². The predicted octanol–water partition coefficient (Wildman–Crippen LogP) is 6.52. The van der Waals surface area contributed by atoms with Gasteiger partial charge in [-0.25, -0.2) is 4.98 Å². The van der Waals surface area contributed by atoms with Crippen LogP contribution in [0.2, 0.25) is 5.02 Å². The van der Waals surface area contributed by atoms with Crippen molar-refractivity contribution in [1.82, 2.24) is 4.98 Å². The highest BCUT2D eigenvalue weighted by atomic mass is 35.5. The predicted molar refractivity (Wildman–Crippen MR) is 97.3 cm³/mol. The molecule has 5 aromatic rings. The number of aromatic nitrogens is 1. The fourth-order valence-electron chi connectivity index (χ4n) is 2.92. The Morgan fingerprint density at radius 3 is 2.57 bits per heavy atom. The summed E-state index contributed by atoms with van der Waals surface area (Å²) in [7, 11) is 0. The van der Waals surface area contributed by atoms with Crippen molar-refractivity contribution in [2.75, 3.05) is 0 Å². The Labute approximate surface area is 140 Å². The van der Waals surface area contributed by atoms with E-state index in [1.165, 1.54) is 10.1 Å². The Morgan fingerprint density at radius 2 is 1.70 bits per heavy atom. The number of halogens is 1. The quantitative estimate of drug-likeness (QED) is 0.348. The molecule has 0 N–H and O–H groups in total. The molecule has 0 saturated heterocycles. The van der Waals surface area contributed by atoms with Crippen LogP contribution in [0.1, 0.15) is 0 Å². The van der Waals surface area contributed by atoms with Crippen molar-refractivity contribution in [3.05, 3.63) is 65.7 Å². The maximum absolute atomic E-state index is 6.68. The Morgan fingerprint density at radius 1 is 0.913 bits per heavy atom. The molecule has 2 nitrogen and oxygen atoms in total. The van der Waals surface area contributed by atoms with Crippen molar-refractivity contribution in [2.45, 2.75) is 0 Å². The molecule has 4 heteroatoms. The number of rotatable bonds is 1. The van der Waals surface area contributed by atoms with Gasteiger partial charge in [-0.15, -0.1) is 11.3 Å². The van der Waals surface area contributed by atoms with E-state index in [0.29, 0.717) is 10.9 Å². The molecule has 0 spiro atoms. The molecule has 0 aliphatic heterocycles. The highest BCUT2D eigenvalue weighted by Crippen LogP contribution is 2.42. The number of hydrogen-bond acceptors (Lipinski definition) is 3. The molecule has 0 unspecified atom stereocenters. The standard InChI is InChI=1S/C19H10ClNOS/c20-17-16-12-8-4-5-9-14(12)23-15(16)10-13-18(17)21-19(22-13)11-6-2-1-3-7-11/h1-10H. The maximum Gasteiger partial charge on any atom is 0.227 e. The normalized spacial score (nSPS) is 11.7. The van der Waals surface area contributed by atoms with Gasteiger partial charge in [-0.3, -0.25) is 0 Å². The Bertz CT molecular complexity index is 1170. The smallest absolute Gasteiger partial charge is 0.227 e. The summed E-state index contributed by atoms with van der Waals surface area (Å²) in [6.45, 7) is 0. The zero-order chi connectivity index (χ0) is 15.4. The Hall–Kier alpha value is -2.36. The van der Waals surface area contributed by atoms with E-state index in [1.807, 2.05) is 48.5 Å². The van der Waals surface area contributed by atoms with Gasteiger partial charge in [-0.1, -0.05) is 48.0 Å². The summed E-state index contributed by atoms with van der Waals surface area (Å²) in [4.78, 5) is 4.63. The maximum atomic E-state index is 6.68. The fraction of sp³-hybridized carbons (Fsp3) is 0. The molecule has 0 fully saturated rings. The van der Waals surface area contributed by atoms with Crippen LogP contribution >= 0.6 is 22.9 Å². The van der Waals surface area contributed by atoms with E-state index in [9.17, 15) is 0 Å². The summed E-state index contributed by atoms with van der Waals surface area (Å²) >= 11 is 8.40. The molecule has 110 valence electrons. The summed E-state index contributed by atoms with van der Waals surface area (Å²) < 4.78 is 8.30. The van der Waals surface area contributed by atoms with E-state index >= 15 is 0 Å². The topological polar surface area (TPSA) is 26.0 Å². The van der Waals surface area contributed by atoms with Gasteiger partial charge in [0.25, 0.3) is 0 Å². The van der Waals surface area contributed by atoms with Crippen LogP contribution < -0.4 is 0 Å². The lowest BCUT2D eigenvalue weighted by Crippen LogP contribution is -1.76. The van der Waals surface area contributed by atoms with Crippen LogP contribution in [-0.4, -0.2) is 4.98 Å². The van der Waals surface area contributed by atoms with Crippen molar-refractivity contribution >= 4 is 54.2 Å². The molecule has 0 atom stereocenters. The monoisotopic (exact) mass is 335 g/mol. The molecule has 2 aromatic heterocycles. The molecule has 3 aromatic carbocycles. The van der Waals surface area contributed by atoms with Crippen LogP contribution in [0.25, 0.3) is 42.7 Å². The van der Waals surface area contributed by atoms with Crippen molar-refractivity contribution in [3.63, 3.8) is 0 Å². The Kier molecular flexibility index (Phi) is 2.75. The molecular weight excluding hydrogens is 326 g/mol. The average molecular weight is 336 g/mol. The molecule has 0 aliphatic carbocycles. The van der Waals surface area contributed by atoms with Gasteiger partial charge in [0.2, 0.25) is 5.89 Å². The van der Waals surface area contributed by atoms with Crippen LogP contribution in [0.5, 0.6) is 0 Å². The number of hydrogen-bond donors (Lipinski definition) is 0. The van der Waals surface area contributed by atoms with Crippen LogP contribution in [0.4, 0.5) is 0 Å². The number of benzene rings is 3. The summed E-state index contributed by atoms with van der Waals surface area (Å²) in [5.74, 6) is 0.601. The first-order valence-electron chi connectivity index (χ1n) is 7.27. The third-order valence-corrected chi connectivity index (χ3v) is 5.47. The third-order valence-electron chi connectivity index (χ3n) is 3.99. The molecule has 0 bridgehead atoms. The highest BCUT2D eigenvalue weighted by molar-refractivity contribution is 7.26. The highest BCUT2D eigenvalue weighted by Gasteiger charge is 2.17. The minimum Gasteiger partial charge on any atom is -0.436 e. The van der Waals surface area contributed by atoms with Gasteiger partial charge in [-0.05, 0) is 18.2 Å². The number of thiophene rings is 1. The minimum atomic E-state index is 0.601. The molecular formula is C19H10ClNOS. The van der Waals surface area contributed by atoms with Crippen molar-refractivity contribution in [1.29, 1.82) is 0 Å². The van der Waals surface area contributed by atoms with Gasteiger partial charge in [-0.2, -0.15) is 0 Å². The second-order valence-corrected chi connectivity index (χ2v) is 6.86. The van der Waals surface area contributed by atoms with Crippen molar-refractivity contribution in [3.8, 4) is 11.5 Å². The van der Waals surface area contributed by atoms with Gasteiger partial charge in [0.15, 0.2) is 5.58 Å². The zero-order valence-corrected chi connectivity index (χ0v) is 13.5. The van der Waals surface area contributed by atoms with E-state index in [0.717, 1.165) is 26.7 Å². The van der Waals surface area contributed by atoms with Crippen LogP contribution in [0, 0.1) is 0 Å². The molecule has 0 amide bonds. The molecule has 0 aliphatic rings. The minimum absolute atomic E-state index is 0.601. The van der Waals surface area contributed by atoms with E-state index in [2.05, 4.69) is 17.1 Å². The Balaban J connectivity index is 1.87. The summed E-state index contributed by atoms with van der Waals surface area (Å²) in [6.07, 6.45) is 0. The SMILES string of the molecule is Clc1c2nc(-c3ccccc3)oc2cc2sc3ccccc3c12. The van der Waals surface area contributed by atoms with E-state index in [-0.39, 0.29) is 0 Å². The molecule has 2 heterocycles. The second-order valence-electron chi connectivity index (χ2n) is 5.39. The lowest BCUT2D eigenvalue weighted by atomic mass is 10.1. The largest absolute Gasteiger partial charge is 0.436 e. The summed E-state index contributed by atoms with van der Waals surface area (Å²) in [5, 5.41) is 2.90. The molecule has 0 saturated carbocycles. The molecule has 23 heavy (non-hydrogen) atoms. The fourth-order valence-corrected chi connectivity index (χ4v) is 4.46. The lowest BCUT2D eigenvalue weighted by molar-refractivity contribution is 0.620. The zero-order valence-electron chi connectivity index (χ0n) is 11.9. The average Bonchev–Trinajstić information content (AvgIpc) is 3.17. The number of fused-ring (bicyclic) bond motifs is 4. The van der Waals surface area contributed by atoms with E-state index in [4.69, 9.17) is 16.0 Å². The molecule has 5 rings (SSSR count). The summed E-state index contributed by atoms with van der Waals surface area (Å²) in [6, 6.07) is 20.2. The van der Waals surface area contributed by atoms with Crippen molar-refractivity contribution in [2.24, 2.45) is 0 Å². The van der Waals surface area contributed by atoms with E-state index < -0.39 is 0 Å². The number of oxazole rings is 1. The van der Waals surface area contributed by atoms with Crippen molar-refractivity contribution < 1.29 is 4.42 Å².